The summed E-state index contributed by atoms with van der Waals surface area (Å²) in [5.41, 5.74) is 1.22. The highest BCUT2D eigenvalue weighted by Crippen LogP contribution is 2.36. The molecule has 150 valence electrons. The second-order valence-electron chi connectivity index (χ2n) is 7.69. The number of benzene rings is 1. The number of rotatable bonds is 8. The number of nitrogens with one attached hydrogen (secondary N) is 1. The van der Waals surface area contributed by atoms with Gasteiger partial charge in [0.15, 0.2) is 0 Å². The van der Waals surface area contributed by atoms with Gasteiger partial charge in [-0.15, -0.1) is 0 Å². The van der Waals surface area contributed by atoms with Crippen LogP contribution in [0.4, 0.5) is 4.39 Å². The fourth-order valence-corrected chi connectivity index (χ4v) is 3.71. The molecule has 28 heavy (non-hydrogen) atoms. The first kappa shape index (κ1) is 19.0. The fourth-order valence-electron chi connectivity index (χ4n) is 3.71. The molecule has 1 saturated carbocycles. The average molecular weight is 387 g/mol. The predicted molar refractivity (Wildman–Crippen MR) is 103 cm³/mol. The van der Waals surface area contributed by atoms with Crippen LogP contribution in [0, 0.1) is 5.82 Å². The Morgan fingerprint density at radius 3 is 2.93 bits per heavy atom. The fraction of sp³-hybridized carbons (Fsp3) is 0.550. The van der Waals surface area contributed by atoms with Gasteiger partial charge in [0.1, 0.15) is 11.3 Å². The average Bonchev–Trinajstić information content (AvgIpc) is 3.25. The van der Waals surface area contributed by atoms with Crippen molar-refractivity contribution in [2.45, 2.75) is 51.0 Å². The van der Waals surface area contributed by atoms with Crippen molar-refractivity contribution < 1.29 is 13.7 Å². The van der Waals surface area contributed by atoms with Gasteiger partial charge in [0.2, 0.25) is 5.89 Å². The molecule has 1 aromatic carbocycles. The SMILES string of the molecule is COCCCNC1CC(c2nc(-n3nc(C(C)C)c4cccc(F)c43)no2)C1. The van der Waals surface area contributed by atoms with Gasteiger partial charge in [-0.05, 0) is 42.9 Å². The predicted octanol–water partition coefficient (Wildman–Crippen LogP) is 3.54. The summed E-state index contributed by atoms with van der Waals surface area (Å²) in [5.74, 6) is 0.933. The molecule has 2 heterocycles. The Bertz CT molecular complexity index is 945. The van der Waals surface area contributed by atoms with Crippen LogP contribution in [0.1, 0.15) is 56.5 Å². The molecule has 0 unspecified atom stereocenters. The summed E-state index contributed by atoms with van der Waals surface area (Å²) in [6.07, 6.45) is 2.92. The largest absolute Gasteiger partial charge is 0.385 e. The Kier molecular flexibility index (Phi) is 5.41. The summed E-state index contributed by atoms with van der Waals surface area (Å²) in [6.45, 7) is 5.78. The van der Waals surface area contributed by atoms with E-state index in [1.165, 1.54) is 10.7 Å². The van der Waals surface area contributed by atoms with Gasteiger partial charge in [-0.3, -0.25) is 0 Å². The van der Waals surface area contributed by atoms with Crippen LogP contribution in [0.3, 0.4) is 0 Å². The van der Waals surface area contributed by atoms with Gasteiger partial charge >= 0.3 is 0 Å². The van der Waals surface area contributed by atoms with E-state index in [-0.39, 0.29) is 23.6 Å². The number of halogens is 1. The lowest BCUT2D eigenvalue weighted by atomic mass is 9.80. The van der Waals surface area contributed by atoms with Crippen LogP contribution < -0.4 is 5.32 Å². The molecule has 0 radical (unpaired) electrons. The lowest BCUT2D eigenvalue weighted by Gasteiger charge is -2.33. The van der Waals surface area contributed by atoms with Gasteiger partial charge < -0.3 is 14.6 Å². The molecular weight excluding hydrogens is 361 g/mol. The Morgan fingerprint density at radius 1 is 1.36 bits per heavy atom. The van der Waals surface area contributed by atoms with E-state index in [4.69, 9.17) is 9.26 Å². The summed E-state index contributed by atoms with van der Waals surface area (Å²) in [7, 11) is 1.71. The van der Waals surface area contributed by atoms with Gasteiger partial charge in [-0.25, -0.2) is 4.39 Å². The van der Waals surface area contributed by atoms with Gasteiger partial charge in [0.25, 0.3) is 5.95 Å². The number of hydrogen-bond donors (Lipinski definition) is 1. The number of hydrogen-bond acceptors (Lipinski definition) is 6. The molecule has 0 spiro atoms. The second-order valence-corrected chi connectivity index (χ2v) is 7.69. The molecule has 0 aliphatic heterocycles. The van der Waals surface area contributed by atoms with E-state index in [1.54, 1.807) is 13.2 Å². The van der Waals surface area contributed by atoms with Gasteiger partial charge in [-0.2, -0.15) is 14.8 Å². The highest BCUT2D eigenvalue weighted by molar-refractivity contribution is 5.84. The molecule has 0 atom stereocenters. The first-order valence-electron chi connectivity index (χ1n) is 9.82. The molecule has 2 aromatic heterocycles. The maximum Gasteiger partial charge on any atom is 0.291 e. The van der Waals surface area contributed by atoms with Gasteiger partial charge in [0, 0.05) is 31.1 Å². The van der Waals surface area contributed by atoms with E-state index < -0.39 is 0 Å². The molecule has 4 rings (SSSR count). The monoisotopic (exact) mass is 387 g/mol. The van der Waals surface area contributed by atoms with Gasteiger partial charge in [-0.1, -0.05) is 26.0 Å². The van der Waals surface area contributed by atoms with Crippen LogP contribution in [0.2, 0.25) is 0 Å². The van der Waals surface area contributed by atoms with Crippen LogP contribution >= 0.6 is 0 Å². The third-order valence-electron chi connectivity index (χ3n) is 5.30. The van der Waals surface area contributed by atoms with Crippen molar-refractivity contribution in [3.63, 3.8) is 0 Å². The highest BCUT2D eigenvalue weighted by atomic mass is 19.1. The van der Waals surface area contributed by atoms with Gasteiger partial charge in [0.05, 0.1) is 5.69 Å². The first-order chi connectivity index (χ1) is 13.6. The molecule has 1 aliphatic rings. The zero-order chi connectivity index (χ0) is 19.7. The van der Waals surface area contributed by atoms with E-state index in [1.807, 2.05) is 19.9 Å². The van der Waals surface area contributed by atoms with Crippen molar-refractivity contribution in [2.75, 3.05) is 20.3 Å². The molecule has 1 N–H and O–H groups in total. The first-order valence-corrected chi connectivity index (χ1v) is 9.82. The van der Waals surface area contributed by atoms with Crippen LogP contribution in [-0.2, 0) is 4.74 Å². The van der Waals surface area contributed by atoms with Crippen LogP contribution in [0.5, 0.6) is 0 Å². The normalized spacial score (nSPS) is 19.5. The Hall–Kier alpha value is -2.32. The molecule has 0 saturated heterocycles. The van der Waals surface area contributed by atoms with Crippen LogP contribution in [0.15, 0.2) is 22.7 Å². The number of nitrogens with zero attached hydrogens (tertiary/aromatic N) is 4. The number of aromatic nitrogens is 4. The quantitative estimate of drug-likeness (QED) is 0.596. The van der Waals surface area contributed by atoms with Crippen molar-refractivity contribution >= 4 is 10.9 Å². The third kappa shape index (κ3) is 3.54. The number of ether oxygens (including phenoxy) is 1. The van der Waals surface area contributed by atoms with E-state index in [2.05, 4.69) is 20.6 Å². The molecular formula is C20H26FN5O2. The van der Waals surface area contributed by atoms with E-state index in [9.17, 15) is 4.39 Å². The highest BCUT2D eigenvalue weighted by Gasteiger charge is 2.34. The summed E-state index contributed by atoms with van der Waals surface area (Å²) in [5, 5.41) is 12.9. The Morgan fingerprint density at radius 2 is 2.18 bits per heavy atom. The van der Waals surface area contributed by atoms with Crippen molar-refractivity contribution in [1.29, 1.82) is 0 Å². The topological polar surface area (TPSA) is 78.0 Å². The smallest absolute Gasteiger partial charge is 0.291 e. The molecule has 0 amide bonds. The summed E-state index contributed by atoms with van der Waals surface area (Å²) >= 11 is 0. The van der Waals surface area contributed by atoms with E-state index in [0.717, 1.165) is 43.5 Å². The lowest BCUT2D eigenvalue weighted by molar-refractivity contribution is 0.185. The molecule has 1 fully saturated rings. The zero-order valence-electron chi connectivity index (χ0n) is 16.5. The van der Waals surface area contributed by atoms with E-state index in [0.29, 0.717) is 17.4 Å². The standard InChI is InChI=1S/C20H26FN5O2/c1-12(2)17-15-6-4-7-16(21)18(15)26(24-17)20-23-19(28-25-20)13-10-14(11-13)22-8-5-9-27-3/h4,6-7,12-14,22H,5,8-11H2,1-3H3. The van der Waals surface area contributed by atoms with E-state index >= 15 is 0 Å². The minimum absolute atomic E-state index is 0.161. The molecule has 3 aromatic rings. The molecule has 8 heteroatoms. The summed E-state index contributed by atoms with van der Waals surface area (Å²) in [6, 6.07) is 5.47. The minimum Gasteiger partial charge on any atom is -0.385 e. The summed E-state index contributed by atoms with van der Waals surface area (Å²) < 4.78 is 26.5. The second kappa shape index (κ2) is 7.97. The lowest BCUT2D eigenvalue weighted by Crippen LogP contribution is -2.40. The van der Waals surface area contributed by atoms with Crippen molar-refractivity contribution in [2.24, 2.45) is 0 Å². The number of methoxy groups -OCH3 is 1. The number of para-hydroxylation sites is 1. The summed E-state index contributed by atoms with van der Waals surface area (Å²) in [4.78, 5) is 4.52. The van der Waals surface area contributed by atoms with Crippen LogP contribution in [0.25, 0.3) is 16.9 Å². The molecule has 7 nitrogen and oxygen atoms in total. The van der Waals surface area contributed by atoms with Crippen LogP contribution in [-0.4, -0.2) is 46.2 Å². The van der Waals surface area contributed by atoms with Crippen molar-refractivity contribution in [3.05, 3.63) is 35.6 Å². The Balaban J connectivity index is 1.50. The zero-order valence-corrected chi connectivity index (χ0v) is 16.5. The maximum absolute atomic E-state index is 14.5. The maximum atomic E-state index is 14.5. The minimum atomic E-state index is -0.341. The molecule has 1 aliphatic carbocycles. The van der Waals surface area contributed by atoms with Crippen molar-refractivity contribution in [1.82, 2.24) is 25.2 Å². The van der Waals surface area contributed by atoms with Crippen molar-refractivity contribution in [3.8, 4) is 5.95 Å². The number of fused-ring (bicyclic) bond motifs is 1. The third-order valence-corrected chi connectivity index (χ3v) is 5.30. The molecule has 0 bridgehead atoms. The Labute approximate surface area is 163 Å².